The van der Waals surface area contributed by atoms with Crippen LogP contribution in [0.4, 0.5) is 0 Å². The number of aliphatic hydroxyl groups is 1. The van der Waals surface area contributed by atoms with Crippen molar-refractivity contribution in [2.45, 2.75) is 37.2 Å². The van der Waals surface area contributed by atoms with Crippen molar-refractivity contribution in [3.8, 4) is 0 Å². The first-order valence-electron chi connectivity index (χ1n) is 7.66. The van der Waals surface area contributed by atoms with E-state index in [0.717, 1.165) is 23.3 Å². The van der Waals surface area contributed by atoms with Crippen molar-refractivity contribution in [2.75, 3.05) is 6.54 Å². The van der Waals surface area contributed by atoms with Gasteiger partial charge in [0.1, 0.15) is 5.60 Å². The molecule has 1 aliphatic carbocycles. The SMILES string of the molecule is Cc1ccc(C)c(S(=O)(=O)NCC(O)(c2cccs2)C2CC2)c1. The highest BCUT2D eigenvalue weighted by Crippen LogP contribution is 2.46. The fourth-order valence-corrected chi connectivity index (χ4v) is 5.10. The van der Waals surface area contributed by atoms with Gasteiger partial charge in [-0.25, -0.2) is 13.1 Å². The number of hydrogen-bond acceptors (Lipinski definition) is 4. The summed E-state index contributed by atoms with van der Waals surface area (Å²) in [6.07, 6.45) is 1.86. The van der Waals surface area contributed by atoms with E-state index in [1.54, 1.807) is 19.1 Å². The Morgan fingerprint density at radius 1 is 1.30 bits per heavy atom. The largest absolute Gasteiger partial charge is 0.383 e. The van der Waals surface area contributed by atoms with Gasteiger partial charge in [-0.3, -0.25) is 0 Å². The number of rotatable bonds is 6. The van der Waals surface area contributed by atoms with Gasteiger partial charge < -0.3 is 5.11 Å². The molecule has 124 valence electrons. The average Bonchev–Trinajstić information content (AvgIpc) is 3.22. The molecule has 1 aromatic carbocycles. The molecular formula is C17H21NO3S2. The average molecular weight is 351 g/mol. The zero-order valence-electron chi connectivity index (χ0n) is 13.2. The first-order valence-corrected chi connectivity index (χ1v) is 10.0. The Balaban J connectivity index is 1.85. The molecule has 0 amide bonds. The number of sulfonamides is 1. The van der Waals surface area contributed by atoms with Crippen LogP contribution < -0.4 is 4.72 Å². The summed E-state index contributed by atoms with van der Waals surface area (Å²) in [5.74, 6) is 0.127. The molecule has 1 saturated carbocycles. The van der Waals surface area contributed by atoms with E-state index >= 15 is 0 Å². The predicted octanol–water partition coefficient (Wildman–Crippen LogP) is 2.94. The highest BCUT2D eigenvalue weighted by molar-refractivity contribution is 7.89. The van der Waals surface area contributed by atoms with Crippen molar-refractivity contribution in [1.82, 2.24) is 4.72 Å². The maximum absolute atomic E-state index is 12.6. The van der Waals surface area contributed by atoms with Crippen LogP contribution in [0, 0.1) is 19.8 Å². The normalized spacial score (nSPS) is 17.9. The van der Waals surface area contributed by atoms with E-state index in [1.807, 2.05) is 30.5 Å². The van der Waals surface area contributed by atoms with Gasteiger partial charge in [-0.2, -0.15) is 0 Å². The fourth-order valence-electron chi connectivity index (χ4n) is 2.80. The van der Waals surface area contributed by atoms with Crippen LogP contribution in [0.3, 0.4) is 0 Å². The highest BCUT2D eigenvalue weighted by Gasteiger charge is 2.46. The molecule has 0 spiro atoms. The van der Waals surface area contributed by atoms with Gasteiger partial charge in [-0.15, -0.1) is 11.3 Å². The summed E-state index contributed by atoms with van der Waals surface area (Å²) < 4.78 is 27.9. The van der Waals surface area contributed by atoms with E-state index in [9.17, 15) is 13.5 Å². The molecule has 1 unspecified atom stereocenters. The van der Waals surface area contributed by atoms with Crippen molar-refractivity contribution in [3.63, 3.8) is 0 Å². The van der Waals surface area contributed by atoms with Gasteiger partial charge in [0.15, 0.2) is 0 Å². The van der Waals surface area contributed by atoms with Crippen LogP contribution in [-0.4, -0.2) is 20.1 Å². The molecule has 23 heavy (non-hydrogen) atoms. The van der Waals surface area contributed by atoms with E-state index in [0.29, 0.717) is 5.56 Å². The summed E-state index contributed by atoms with van der Waals surface area (Å²) in [5, 5.41) is 12.9. The minimum Gasteiger partial charge on any atom is -0.383 e. The summed E-state index contributed by atoms with van der Waals surface area (Å²) >= 11 is 1.47. The Bertz CT molecular complexity index is 795. The van der Waals surface area contributed by atoms with Gasteiger partial charge in [-0.05, 0) is 61.2 Å². The van der Waals surface area contributed by atoms with Gasteiger partial charge >= 0.3 is 0 Å². The fraction of sp³-hybridized carbons (Fsp3) is 0.412. The third-order valence-corrected chi connectivity index (χ3v) is 6.95. The Hall–Kier alpha value is -1.21. The molecule has 3 rings (SSSR count). The maximum atomic E-state index is 12.6. The molecule has 1 fully saturated rings. The molecule has 1 aliphatic rings. The number of thiophene rings is 1. The third kappa shape index (κ3) is 3.35. The Morgan fingerprint density at radius 2 is 2.04 bits per heavy atom. The van der Waals surface area contributed by atoms with Crippen LogP contribution >= 0.6 is 11.3 Å². The predicted molar refractivity (Wildman–Crippen MR) is 92.0 cm³/mol. The van der Waals surface area contributed by atoms with E-state index < -0.39 is 15.6 Å². The number of nitrogens with one attached hydrogen (secondary N) is 1. The van der Waals surface area contributed by atoms with Crippen molar-refractivity contribution in [2.24, 2.45) is 5.92 Å². The maximum Gasteiger partial charge on any atom is 0.240 e. The van der Waals surface area contributed by atoms with Gasteiger partial charge in [-0.1, -0.05) is 18.2 Å². The molecule has 0 bridgehead atoms. The standard InChI is InChI=1S/C17H21NO3S2/c1-12-5-6-13(2)15(10-12)23(20,21)18-11-17(19,14-7-8-14)16-4-3-9-22-16/h3-6,9-10,14,18-19H,7-8,11H2,1-2H3. The number of aryl methyl sites for hydroxylation is 2. The lowest BCUT2D eigenvalue weighted by molar-refractivity contribution is 0.0222. The van der Waals surface area contributed by atoms with E-state index in [2.05, 4.69) is 4.72 Å². The first-order chi connectivity index (χ1) is 10.8. The second kappa shape index (κ2) is 6.02. The van der Waals surface area contributed by atoms with Gasteiger partial charge in [0, 0.05) is 11.4 Å². The van der Waals surface area contributed by atoms with Gasteiger partial charge in [0.05, 0.1) is 4.90 Å². The van der Waals surface area contributed by atoms with Crippen LogP contribution in [0.25, 0.3) is 0 Å². The van der Waals surface area contributed by atoms with E-state index in [1.165, 1.54) is 11.3 Å². The first kappa shape index (κ1) is 16.6. The van der Waals surface area contributed by atoms with Gasteiger partial charge in [0.25, 0.3) is 0 Å². The molecule has 2 aromatic rings. The molecule has 1 heterocycles. The monoisotopic (exact) mass is 351 g/mol. The molecular weight excluding hydrogens is 330 g/mol. The Kier molecular flexibility index (Phi) is 4.35. The molecule has 1 atom stereocenters. The lowest BCUT2D eigenvalue weighted by Crippen LogP contribution is -2.42. The zero-order chi connectivity index (χ0) is 16.7. The smallest absolute Gasteiger partial charge is 0.240 e. The zero-order valence-corrected chi connectivity index (χ0v) is 14.9. The summed E-state index contributed by atoms with van der Waals surface area (Å²) in [6, 6.07) is 9.11. The van der Waals surface area contributed by atoms with Crippen molar-refractivity contribution in [3.05, 3.63) is 51.7 Å². The molecule has 6 heteroatoms. The number of hydrogen-bond donors (Lipinski definition) is 2. The molecule has 0 saturated heterocycles. The summed E-state index contributed by atoms with van der Waals surface area (Å²) in [6.45, 7) is 3.65. The van der Waals surface area contributed by atoms with Crippen LogP contribution in [-0.2, 0) is 15.6 Å². The summed E-state index contributed by atoms with van der Waals surface area (Å²) in [4.78, 5) is 1.10. The third-order valence-electron chi connectivity index (χ3n) is 4.37. The molecule has 0 aliphatic heterocycles. The van der Waals surface area contributed by atoms with E-state index in [-0.39, 0.29) is 17.4 Å². The second-order valence-electron chi connectivity index (χ2n) is 6.27. The molecule has 2 N–H and O–H groups in total. The lowest BCUT2D eigenvalue weighted by atomic mass is 9.96. The summed E-state index contributed by atoms with van der Waals surface area (Å²) in [5.41, 5.74) is 0.486. The Labute approximate surface area is 141 Å². The van der Waals surface area contributed by atoms with Gasteiger partial charge in [0.2, 0.25) is 10.0 Å². The van der Waals surface area contributed by atoms with Crippen molar-refractivity contribution < 1.29 is 13.5 Å². The minimum absolute atomic E-state index is 0.00783. The minimum atomic E-state index is -3.65. The molecule has 4 nitrogen and oxygen atoms in total. The molecule has 0 radical (unpaired) electrons. The van der Waals surface area contributed by atoms with Crippen LogP contribution in [0.5, 0.6) is 0 Å². The van der Waals surface area contributed by atoms with E-state index in [4.69, 9.17) is 0 Å². The number of benzene rings is 1. The second-order valence-corrected chi connectivity index (χ2v) is 8.95. The Morgan fingerprint density at radius 3 is 2.65 bits per heavy atom. The van der Waals surface area contributed by atoms with Crippen LogP contribution in [0.15, 0.2) is 40.6 Å². The van der Waals surface area contributed by atoms with Crippen molar-refractivity contribution in [1.29, 1.82) is 0 Å². The van der Waals surface area contributed by atoms with Crippen molar-refractivity contribution >= 4 is 21.4 Å². The quantitative estimate of drug-likeness (QED) is 0.841. The topological polar surface area (TPSA) is 66.4 Å². The van der Waals surface area contributed by atoms with Crippen LogP contribution in [0.1, 0.15) is 28.8 Å². The molecule has 1 aromatic heterocycles. The van der Waals surface area contributed by atoms with Crippen LogP contribution in [0.2, 0.25) is 0 Å². The summed E-state index contributed by atoms with van der Waals surface area (Å²) in [7, 11) is -3.65. The lowest BCUT2D eigenvalue weighted by Gasteiger charge is -2.27. The highest BCUT2D eigenvalue weighted by atomic mass is 32.2.